The van der Waals surface area contributed by atoms with Gasteiger partial charge in [0.15, 0.2) is 0 Å². The number of nitrogens with zero attached hydrogens (tertiary/aromatic N) is 2. The zero-order valence-electron chi connectivity index (χ0n) is 10.3. The zero-order valence-corrected chi connectivity index (χ0v) is 10.3. The Balaban J connectivity index is 1.77. The van der Waals surface area contributed by atoms with E-state index < -0.39 is 0 Å². The number of hydrogen-bond acceptors (Lipinski definition) is 5. The minimum Gasteiger partial charge on any atom is -0.372 e. The van der Waals surface area contributed by atoms with Gasteiger partial charge in [0.05, 0.1) is 0 Å². The van der Waals surface area contributed by atoms with Crippen LogP contribution in [0.15, 0.2) is 11.8 Å². The summed E-state index contributed by atoms with van der Waals surface area (Å²) in [7, 11) is 0. The van der Waals surface area contributed by atoms with Gasteiger partial charge in [-0.2, -0.15) is 0 Å². The van der Waals surface area contributed by atoms with Crippen LogP contribution in [-0.2, 0) is 4.79 Å². The lowest BCUT2D eigenvalue weighted by Gasteiger charge is -2.38. The van der Waals surface area contributed by atoms with Crippen molar-refractivity contribution in [1.29, 1.82) is 0 Å². The highest BCUT2D eigenvalue weighted by Gasteiger charge is 2.20. The summed E-state index contributed by atoms with van der Waals surface area (Å²) >= 11 is 0. The van der Waals surface area contributed by atoms with E-state index in [2.05, 4.69) is 21.3 Å². The van der Waals surface area contributed by atoms with Gasteiger partial charge >= 0.3 is 0 Å². The number of carbonyl (C=O) groups excluding carboxylic acids is 1. The van der Waals surface area contributed by atoms with Crippen LogP contribution in [0.2, 0.25) is 0 Å². The molecule has 0 bridgehead atoms. The molecule has 5 nitrogen and oxygen atoms in total. The minimum absolute atomic E-state index is 0.376. The van der Waals surface area contributed by atoms with Crippen LogP contribution < -0.4 is 11.3 Å². The van der Waals surface area contributed by atoms with Gasteiger partial charge in [-0.15, -0.1) is 0 Å². The summed E-state index contributed by atoms with van der Waals surface area (Å²) < 4.78 is 0. The number of rotatable bonds is 4. The molecule has 0 radical (unpaired) electrons. The van der Waals surface area contributed by atoms with E-state index in [0.717, 1.165) is 52.1 Å². The zero-order chi connectivity index (χ0) is 12.1. The molecule has 0 amide bonds. The van der Waals surface area contributed by atoms with Crippen molar-refractivity contribution in [2.24, 2.45) is 5.84 Å². The normalized spacial score (nSPS) is 22.8. The van der Waals surface area contributed by atoms with E-state index in [9.17, 15) is 4.79 Å². The van der Waals surface area contributed by atoms with Crippen LogP contribution in [0.1, 0.15) is 19.3 Å². The summed E-state index contributed by atoms with van der Waals surface area (Å²) in [6.45, 7) is 6.19. The lowest BCUT2D eigenvalue weighted by atomic mass is 10.0. The molecule has 0 aromatic rings. The fourth-order valence-electron chi connectivity index (χ4n) is 2.47. The second-order valence-corrected chi connectivity index (χ2v) is 4.72. The molecular weight excluding hydrogens is 216 g/mol. The summed E-state index contributed by atoms with van der Waals surface area (Å²) in [6, 6.07) is 0. The number of hydrazine groups is 1. The topological polar surface area (TPSA) is 61.6 Å². The first-order valence-electron chi connectivity index (χ1n) is 6.41. The fraction of sp³-hybridized carbons (Fsp3) is 0.750. The van der Waals surface area contributed by atoms with Gasteiger partial charge in [-0.3, -0.25) is 21.0 Å². The number of nitrogens with two attached hydrogens (primary N) is 1. The van der Waals surface area contributed by atoms with Gasteiger partial charge in [-0.25, -0.2) is 0 Å². The van der Waals surface area contributed by atoms with E-state index in [0.29, 0.717) is 12.2 Å². The third-order valence-corrected chi connectivity index (χ3v) is 3.58. The van der Waals surface area contributed by atoms with Crippen LogP contribution in [0.5, 0.6) is 0 Å². The SMILES string of the molecule is NNCCN1CCN(C2=CCC(=O)CC2)CC1. The van der Waals surface area contributed by atoms with Crippen molar-refractivity contribution in [3.05, 3.63) is 11.8 Å². The molecule has 1 aliphatic carbocycles. The van der Waals surface area contributed by atoms with Crippen molar-refractivity contribution in [1.82, 2.24) is 15.2 Å². The number of ketones is 1. The quantitative estimate of drug-likeness (QED) is 0.520. The number of Topliss-reactive ketones (excluding diaryl/α,β-unsaturated/α-hetero) is 1. The molecule has 0 spiro atoms. The van der Waals surface area contributed by atoms with E-state index in [-0.39, 0.29) is 0 Å². The number of carbonyl (C=O) groups is 1. The molecule has 96 valence electrons. The highest BCUT2D eigenvalue weighted by Crippen LogP contribution is 2.20. The minimum atomic E-state index is 0.376. The highest BCUT2D eigenvalue weighted by atomic mass is 16.1. The molecule has 0 aromatic heterocycles. The van der Waals surface area contributed by atoms with Gasteiger partial charge in [-0.1, -0.05) is 6.08 Å². The first kappa shape index (κ1) is 12.5. The molecule has 0 unspecified atom stereocenters. The van der Waals surface area contributed by atoms with Gasteiger partial charge in [0.2, 0.25) is 0 Å². The second-order valence-electron chi connectivity index (χ2n) is 4.72. The van der Waals surface area contributed by atoms with E-state index in [1.807, 2.05) is 0 Å². The predicted molar refractivity (Wildman–Crippen MR) is 67.1 cm³/mol. The average molecular weight is 238 g/mol. The van der Waals surface area contributed by atoms with Crippen LogP contribution in [0.25, 0.3) is 0 Å². The molecule has 0 aromatic carbocycles. The highest BCUT2D eigenvalue weighted by molar-refractivity contribution is 5.81. The van der Waals surface area contributed by atoms with Crippen molar-refractivity contribution in [2.45, 2.75) is 19.3 Å². The van der Waals surface area contributed by atoms with Crippen LogP contribution >= 0.6 is 0 Å². The summed E-state index contributed by atoms with van der Waals surface area (Å²) in [5, 5.41) is 0. The molecule has 17 heavy (non-hydrogen) atoms. The van der Waals surface area contributed by atoms with E-state index in [4.69, 9.17) is 5.84 Å². The Bertz CT molecular complexity index is 295. The van der Waals surface area contributed by atoms with Crippen LogP contribution in [0, 0.1) is 0 Å². The van der Waals surface area contributed by atoms with Crippen molar-refractivity contribution in [2.75, 3.05) is 39.3 Å². The second kappa shape index (κ2) is 6.14. The number of hydrogen-bond donors (Lipinski definition) is 2. The standard InChI is InChI=1S/C12H22N4O/c13-14-5-6-15-7-9-16(10-8-15)11-1-3-12(17)4-2-11/h1,14H,2-10,13H2. The predicted octanol–water partition coefficient (Wildman–Crippen LogP) is -0.296. The van der Waals surface area contributed by atoms with Gasteiger partial charge in [-0.05, 0) is 6.42 Å². The molecule has 3 N–H and O–H groups in total. The third-order valence-electron chi connectivity index (χ3n) is 3.58. The Hall–Kier alpha value is -0.910. The van der Waals surface area contributed by atoms with Crippen molar-refractivity contribution in [3.63, 3.8) is 0 Å². The maximum absolute atomic E-state index is 11.2. The first-order valence-corrected chi connectivity index (χ1v) is 6.41. The molecule has 0 atom stereocenters. The number of nitrogens with one attached hydrogen (secondary N) is 1. The molecule has 2 rings (SSSR count). The monoisotopic (exact) mass is 238 g/mol. The van der Waals surface area contributed by atoms with Crippen molar-refractivity contribution < 1.29 is 4.79 Å². The molecule has 5 heteroatoms. The van der Waals surface area contributed by atoms with E-state index in [1.165, 1.54) is 5.70 Å². The average Bonchev–Trinajstić information content (AvgIpc) is 2.38. The van der Waals surface area contributed by atoms with Gasteiger partial charge in [0.1, 0.15) is 5.78 Å². The smallest absolute Gasteiger partial charge is 0.137 e. The maximum atomic E-state index is 11.2. The fourth-order valence-corrected chi connectivity index (χ4v) is 2.47. The van der Waals surface area contributed by atoms with Gasteiger partial charge in [0, 0.05) is 57.8 Å². The Morgan fingerprint density at radius 2 is 2.00 bits per heavy atom. The van der Waals surface area contributed by atoms with Crippen LogP contribution in [0.3, 0.4) is 0 Å². The Labute approximate surface area is 103 Å². The molecule has 1 aliphatic heterocycles. The molecule has 2 aliphatic rings. The molecule has 1 saturated heterocycles. The molecular formula is C12H22N4O. The van der Waals surface area contributed by atoms with E-state index >= 15 is 0 Å². The lowest BCUT2D eigenvalue weighted by molar-refractivity contribution is -0.118. The van der Waals surface area contributed by atoms with Gasteiger partial charge < -0.3 is 4.90 Å². The summed E-state index contributed by atoms with van der Waals surface area (Å²) in [5.74, 6) is 5.65. The van der Waals surface area contributed by atoms with Gasteiger partial charge in [0.25, 0.3) is 0 Å². The summed E-state index contributed by atoms with van der Waals surface area (Å²) in [4.78, 5) is 16.0. The van der Waals surface area contributed by atoms with Crippen molar-refractivity contribution in [3.8, 4) is 0 Å². The number of allylic oxidation sites excluding steroid dienone is 2. The Morgan fingerprint density at radius 3 is 2.59 bits per heavy atom. The van der Waals surface area contributed by atoms with E-state index in [1.54, 1.807) is 0 Å². The molecule has 1 fully saturated rings. The van der Waals surface area contributed by atoms with Crippen molar-refractivity contribution >= 4 is 5.78 Å². The lowest BCUT2D eigenvalue weighted by Crippen LogP contribution is -2.48. The number of piperazine rings is 1. The Morgan fingerprint density at radius 1 is 1.24 bits per heavy atom. The molecule has 1 heterocycles. The maximum Gasteiger partial charge on any atom is 0.137 e. The molecule has 0 saturated carbocycles. The summed E-state index contributed by atoms with van der Waals surface area (Å²) in [6.07, 6.45) is 4.40. The third kappa shape index (κ3) is 3.52. The van der Waals surface area contributed by atoms with Crippen LogP contribution in [0.4, 0.5) is 0 Å². The Kier molecular flexibility index (Phi) is 4.53. The summed E-state index contributed by atoms with van der Waals surface area (Å²) in [5.41, 5.74) is 4.07. The largest absolute Gasteiger partial charge is 0.372 e. The van der Waals surface area contributed by atoms with Crippen LogP contribution in [-0.4, -0.2) is 54.9 Å². The first-order chi connectivity index (χ1) is 8.29.